The fourth-order valence-corrected chi connectivity index (χ4v) is 2.92. The van der Waals surface area contributed by atoms with Gasteiger partial charge in [-0.2, -0.15) is 0 Å². The van der Waals surface area contributed by atoms with Crippen LogP contribution >= 0.6 is 23.2 Å². The lowest BCUT2D eigenvalue weighted by molar-refractivity contribution is 0.0947. The van der Waals surface area contributed by atoms with Gasteiger partial charge in [0.25, 0.3) is 5.91 Å². The summed E-state index contributed by atoms with van der Waals surface area (Å²) in [5.41, 5.74) is 1.58. The van der Waals surface area contributed by atoms with E-state index in [1.54, 1.807) is 12.1 Å². The van der Waals surface area contributed by atoms with Crippen molar-refractivity contribution in [1.29, 1.82) is 0 Å². The molecule has 1 aliphatic rings. The number of nitrogens with one attached hydrogen (secondary N) is 1. The molecule has 18 heavy (non-hydrogen) atoms. The van der Waals surface area contributed by atoms with Crippen LogP contribution in [0.5, 0.6) is 0 Å². The summed E-state index contributed by atoms with van der Waals surface area (Å²) >= 11 is 12.1. The molecule has 1 fully saturated rings. The Balaban J connectivity index is 1.97. The Hall–Kier alpha value is -0.730. The average molecular weight is 286 g/mol. The van der Waals surface area contributed by atoms with E-state index in [-0.39, 0.29) is 11.3 Å². The van der Waals surface area contributed by atoms with Crippen molar-refractivity contribution in [2.45, 2.75) is 31.6 Å². The van der Waals surface area contributed by atoms with Crippen LogP contribution in [0.15, 0.2) is 18.2 Å². The summed E-state index contributed by atoms with van der Waals surface area (Å²) in [6, 6.07) is 5.36. The van der Waals surface area contributed by atoms with Gasteiger partial charge in [0.2, 0.25) is 0 Å². The van der Waals surface area contributed by atoms with Crippen LogP contribution in [0.25, 0.3) is 0 Å². The summed E-state index contributed by atoms with van der Waals surface area (Å²) < 4.78 is 0. The van der Waals surface area contributed by atoms with E-state index in [9.17, 15) is 4.79 Å². The van der Waals surface area contributed by atoms with Gasteiger partial charge in [-0.25, -0.2) is 0 Å². The van der Waals surface area contributed by atoms with Crippen molar-refractivity contribution in [2.75, 3.05) is 6.54 Å². The van der Waals surface area contributed by atoms with Crippen LogP contribution in [-0.4, -0.2) is 17.8 Å². The number of amides is 1. The zero-order valence-corrected chi connectivity index (χ0v) is 11.9. The normalized spacial score (nSPS) is 23.1. The summed E-state index contributed by atoms with van der Waals surface area (Å²) in [5, 5.41) is 3.74. The lowest BCUT2D eigenvalue weighted by Gasteiger charge is -2.15. The molecule has 1 aromatic rings. The molecule has 1 saturated carbocycles. The van der Waals surface area contributed by atoms with Crippen LogP contribution < -0.4 is 5.32 Å². The fourth-order valence-electron chi connectivity index (χ4n) is 2.38. The van der Waals surface area contributed by atoms with E-state index in [1.165, 1.54) is 0 Å². The number of carbonyl (C=O) groups is 1. The van der Waals surface area contributed by atoms with Gasteiger partial charge in [0.05, 0.1) is 0 Å². The summed E-state index contributed by atoms with van der Waals surface area (Å²) in [5.74, 6) is 0.334. The average Bonchev–Trinajstić information content (AvgIpc) is 2.75. The third kappa shape index (κ3) is 3.18. The van der Waals surface area contributed by atoms with Crippen molar-refractivity contribution in [1.82, 2.24) is 5.32 Å². The van der Waals surface area contributed by atoms with E-state index in [4.69, 9.17) is 23.2 Å². The van der Waals surface area contributed by atoms with E-state index in [2.05, 4.69) is 5.32 Å². The van der Waals surface area contributed by atoms with E-state index < -0.39 is 0 Å². The Morgan fingerprint density at radius 2 is 2.22 bits per heavy atom. The number of hydrogen-bond acceptors (Lipinski definition) is 1. The maximum Gasteiger partial charge on any atom is 0.251 e. The summed E-state index contributed by atoms with van der Waals surface area (Å²) in [7, 11) is 0. The molecular weight excluding hydrogens is 269 g/mol. The molecule has 0 heterocycles. The quantitative estimate of drug-likeness (QED) is 0.842. The van der Waals surface area contributed by atoms with Crippen molar-refractivity contribution in [3.63, 3.8) is 0 Å². The molecule has 0 bridgehead atoms. The third-order valence-electron chi connectivity index (χ3n) is 3.54. The molecule has 2 unspecified atom stereocenters. The first-order valence-electron chi connectivity index (χ1n) is 6.26. The molecule has 0 aromatic heterocycles. The Morgan fingerprint density at radius 1 is 1.44 bits per heavy atom. The van der Waals surface area contributed by atoms with Gasteiger partial charge in [0, 0.05) is 22.5 Å². The standard InChI is InChI=1S/C14H17Cl2NO/c1-9-5-6-11(15)7-12(9)14(18)17-8-10-3-2-4-13(10)16/h5-7,10,13H,2-4,8H2,1H3,(H,17,18). The molecule has 98 valence electrons. The first-order valence-corrected chi connectivity index (χ1v) is 7.08. The molecule has 1 aliphatic carbocycles. The number of alkyl halides is 1. The summed E-state index contributed by atoms with van der Waals surface area (Å²) in [6.07, 6.45) is 3.31. The van der Waals surface area contributed by atoms with Crippen LogP contribution in [-0.2, 0) is 0 Å². The number of carbonyl (C=O) groups excluding carboxylic acids is 1. The zero-order chi connectivity index (χ0) is 13.1. The molecule has 2 rings (SSSR count). The van der Waals surface area contributed by atoms with E-state index in [1.807, 2.05) is 13.0 Å². The largest absolute Gasteiger partial charge is 0.352 e. The lowest BCUT2D eigenvalue weighted by Crippen LogP contribution is -2.31. The molecule has 2 atom stereocenters. The van der Waals surface area contributed by atoms with Crippen molar-refractivity contribution < 1.29 is 4.79 Å². The van der Waals surface area contributed by atoms with Gasteiger partial charge in [-0.1, -0.05) is 24.1 Å². The minimum absolute atomic E-state index is 0.0641. The fraction of sp³-hybridized carbons (Fsp3) is 0.500. The van der Waals surface area contributed by atoms with E-state index in [0.29, 0.717) is 23.0 Å². The van der Waals surface area contributed by atoms with Crippen molar-refractivity contribution in [3.05, 3.63) is 34.3 Å². The van der Waals surface area contributed by atoms with E-state index >= 15 is 0 Å². The number of halogens is 2. The molecule has 0 aliphatic heterocycles. The Bertz CT molecular complexity index is 447. The van der Waals surface area contributed by atoms with Crippen LogP contribution in [0.1, 0.15) is 35.2 Å². The number of aryl methyl sites for hydroxylation is 1. The number of hydrogen-bond donors (Lipinski definition) is 1. The molecule has 1 N–H and O–H groups in total. The van der Waals surface area contributed by atoms with Crippen LogP contribution in [0, 0.1) is 12.8 Å². The van der Waals surface area contributed by atoms with Gasteiger partial charge in [-0.3, -0.25) is 4.79 Å². The van der Waals surface area contributed by atoms with Gasteiger partial charge in [0.1, 0.15) is 0 Å². The van der Waals surface area contributed by atoms with Crippen LogP contribution in [0.2, 0.25) is 5.02 Å². The van der Waals surface area contributed by atoms with Gasteiger partial charge < -0.3 is 5.32 Å². The summed E-state index contributed by atoms with van der Waals surface area (Å²) in [4.78, 5) is 12.1. The Kier molecular flexibility index (Phi) is 4.52. The highest BCUT2D eigenvalue weighted by atomic mass is 35.5. The van der Waals surface area contributed by atoms with Crippen LogP contribution in [0.4, 0.5) is 0 Å². The second kappa shape index (κ2) is 5.94. The minimum atomic E-state index is -0.0641. The smallest absolute Gasteiger partial charge is 0.251 e. The minimum Gasteiger partial charge on any atom is -0.352 e. The first-order chi connectivity index (χ1) is 8.58. The molecular formula is C14H17Cl2NO. The van der Waals surface area contributed by atoms with E-state index in [0.717, 1.165) is 24.8 Å². The van der Waals surface area contributed by atoms with Gasteiger partial charge in [0.15, 0.2) is 0 Å². The Morgan fingerprint density at radius 3 is 2.89 bits per heavy atom. The van der Waals surface area contributed by atoms with Crippen molar-refractivity contribution in [2.24, 2.45) is 5.92 Å². The highest BCUT2D eigenvalue weighted by Crippen LogP contribution is 2.29. The predicted molar refractivity (Wildman–Crippen MR) is 75.5 cm³/mol. The maximum atomic E-state index is 12.1. The molecule has 2 nitrogen and oxygen atoms in total. The number of rotatable bonds is 3. The molecule has 1 amide bonds. The van der Waals surface area contributed by atoms with Crippen molar-refractivity contribution in [3.8, 4) is 0 Å². The van der Waals surface area contributed by atoms with Gasteiger partial charge >= 0.3 is 0 Å². The maximum absolute atomic E-state index is 12.1. The Labute approximate surface area is 118 Å². The monoisotopic (exact) mass is 285 g/mol. The number of benzene rings is 1. The molecule has 1 aromatic carbocycles. The van der Waals surface area contributed by atoms with Crippen LogP contribution in [0.3, 0.4) is 0 Å². The van der Waals surface area contributed by atoms with Gasteiger partial charge in [-0.05, 0) is 43.4 Å². The second-order valence-corrected chi connectivity index (χ2v) is 5.87. The second-order valence-electron chi connectivity index (χ2n) is 4.88. The third-order valence-corrected chi connectivity index (χ3v) is 4.35. The SMILES string of the molecule is Cc1ccc(Cl)cc1C(=O)NCC1CCCC1Cl. The lowest BCUT2D eigenvalue weighted by atomic mass is 10.1. The topological polar surface area (TPSA) is 29.1 Å². The highest BCUT2D eigenvalue weighted by Gasteiger charge is 2.25. The zero-order valence-electron chi connectivity index (χ0n) is 10.4. The highest BCUT2D eigenvalue weighted by molar-refractivity contribution is 6.31. The summed E-state index contributed by atoms with van der Waals surface area (Å²) in [6.45, 7) is 2.56. The predicted octanol–water partition coefficient (Wildman–Crippen LogP) is 3.79. The molecule has 0 radical (unpaired) electrons. The van der Waals surface area contributed by atoms with Gasteiger partial charge in [-0.15, -0.1) is 11.6 Å². The molecule has 0 saturated heterocycles. The van der Waals surface area contributed by atoms with Crippen molar-refractivity contribution >= 4 is 29.1 Å². The molecule has 0 spiro atoms. The molecule has 4 heteroatoms. The first kappa shape index (κ1) is 13.7.